The van der Waals surface area contributed by atoms with Crippen LogP contribution in [0.15, 0.2) is 66.8 Å². The quantitative estimate of drug-likeness (QED) is 0.149. The molecule has 0 aliphatic carbocycles. The molecular weight excluding hydrogens is 386 g/mol. The van der Waals surface area contributed by atoms with Gasteiger partial charge in [0.05, 0.1) is 0 Å². The highest BCUT2D eigenvalue weighted by Gasteiger charge is 2.14. The van der Waals surface area contributed by atoms with Crippen molar-refractivity contribution in [2.45, 2.75) is 85.0 Å². The molecule has 0 nitrogen and oxygen atoms in total. The molecule has 31 heavy (non-hydrogen) atoms. The van der Waals surface area contributed by atoms with Gasteiger partial charge in [0.15, 0.2) is 11.6 Å². The van der Waals surface area contributed by atoms with Gasteiger partial charge in [0.25, 0.3) is 0 Å². The smallest absolute Gasteiger partial charge is 0.166 e. The predicted octanol–water partition coefficient (Wildman–Crippen LogP) is 9.69. The zero-order valence-electron chi connectivity index (χ0n) is 19.7. The van der Waals surface area contributed by atoms with Crippen LogP contribution < -0.4 is 0 Å². The van der Waals surface area contributed by atoms with E-state index in [0.29, 0.717) is 17.5 Å². The summed E-state index contributed by atoms with van der Waals surface area (Å²) in [6.07, 6.45) is 24.5. The molecule has 0 atom stereocenters. The van der Waals surface area contributed by atoms with Crippen LogP contribution in [0, 0.1) is 11.6 Å². The van der Waals surface area contributed by atoms with Gasteiger partial charge in [-0.05, 0) is 56.2 Å². The average molecular weight is 427 g/mol. The minimum atomic E-state index is -0.767. The van der Waals surface area contributed by atoms with Crippen LogP contribution in [0.5, 0.6) is 0 Å². The Morgan fingerprint density at radius 1 is 0.871 bits per heavy atom. The molecule has 0 saturated carbocycles. The van der Waals surface area contributed by atoms with Crippen molar-refractivity contribution in [2.75, 3.05) is 0 Å². The molecule has 0 radical (unpaired) electrons. The first-order valence-corrected chi connectivity index (χ1v) is 11.8. The molecule has 170 valence electrons. The molecular formula is C29H40F2. The normalized spacial score (nSPS) is 12.9. The van der Waals surface area contributed by atoms with E-state index in [1.165, 1.54) is 38.5 Å². The van der Waals surface area contributed by atoms with E-state index in [1.807, 2.05) is 50.3 Å². The first-order chi connectivity index (χ1) is 15.1. The Hall–Kier alpha value is -2.22. The third kappa shape index (κ3) is 10.1. The van der Waals surface area contributed by atoms with Gasteiger partial charge in [0.2, 0.25) is 0 Å². The summed E-state index contributed by atoms with van der Waals surface area (Å²) in [4.78, 5) is 0. The molecule has 0 heterocycles. The zero-order chi connectivity index (χ0) is 22.9. The molecule has 0 N–H and O–H groups in total. The Morgan fingerprint density at radius 2 is 1.58 bits per heavy atom. The summed E-state index contributed by atoms with van der Waals surface area (Å²) in [5.41, 5.74) is 2.52. The first kappa shape index (κ1) is 26.8. The maximum atomic E-state index is 14.8. The monoisotopic (exact) mass is 426 g/mol. The maximum Gasteiger partial charge on any atom is 0.166 e. The van der Waals surface area contributed by atoms with Crippen LogP contribution in [0.3, 0.4) is 0 Å². The molecule has 0 spiro atoms. The number of hydrogen-bond acceptors (Lipinski definition) is 0. The number of benzene rings is 1. The van der Waals surface area contributed by atoms with Crippen LogP contribution in [0.1, 0.15) is 89.7 Å². The molecule has 0 saturated heterocycles. The summed E-state index contributed by atoms with van der Waals surface area (Å²) in [5, 5.41) is 0. The summed E-state index contributed by atoms with van der Waals surface area (Å²) in [5.74, 6) is -1.52. The highest BCUT2D eigenvalue weighted by Crippen LogP contribution is 2.25. The Bertz CT molecular complexity index is 778. The van der Waals surface area contributed by atoms with E-state index in [4.69, 9.17) is 0 Å². The Morgan fingerprint density at radius 3 is 2.23 bits per heavy atom. The van der Waals surface area contributed by atoms with E-state index >= 15 is 0 Å². The van der Waals surface area contributed by atoms with Gasteiger partial charge in [-0.25, -0.2) is 8.78 Å². The Kier molecular flexibility index (Phi) is 14.2. The predicted molar refractivity (Wildman–Crippen MR) is 133 cm³/mol. The lowest BCUT2D eigenvalue weighted by Crippen LogP contribution is -1.98. The largest absolute Gasteiger partial charge is 0.203 e. The average Bonchev–Trinajstić information content (AvgIpc) is 2.78. The van der Waals surface area contributed by atoms with Crippen LogP contribution in [-0.2, 0) is 6.42 Å². The second kappa shape index (κ2) is 16.5. The molecule has 0 aromatic heterocycles. The molecule has 0 aliphatic heterocycles. The van der Waals surface area contributed by atoms with Gasteiger partial charge in [0.1, 0.15) is 0 Å². The van der Waals surface area contributed by atoms with Crippen molar-refractivity contribution in [3.8, 4) is 0 Å². The topological polar surface area (TPSA) is 0 Å². The first-order valence-electron chi connectivity index (χ1n) is 11.8. The standard InChI is InChI=1S/C29H40F2/c1-5-9-10-11-12-13-14-15-16-20-25(8-4)27-23-22-26(28(30)29(27)31)21-17-19-24(7-3)18-6-2/h6-8,16-17,19-20,22-23H,2,5,9-15,18,21H2,1,3-4H3/b19-17-,20-16-,24-7-,25-8+. The lowest BCUT2D eigenvalue weighted by molar-refractivity contribution is 0.499. The molecule has 1 rings (SSSR count). The molecule has 0 unspecified atom stereocenters. The maximum absolute atomic E-state index is 14.8. The number of halogens is 2. The van der Waals surface area contributed by atoms with Gasteiger partial charge in [-0.2, -0.15) is 0 Å². The van der Waals surface area contributed by atoms with Crippen molar-refractivity contribution >= 4 is 5.57 Å². The van der Waals surface area contributed by atoms with Crippen LogP contribution in [0.25, 0.3) is 5.57 Å². The molecule has 0 bridgehead atoms. The van der Waals surface area contributed by atoms with Crippen molar-refractivity contribution in [3.05, 3.63) is 89.6 Å². The van der Waals surface area contributed by atoms with Crippen molar-refractivity contribution in [1.29, 1.82) is 0 Å². The SMILES string of the molecule is C=CCC(/C=C\Cc1ccc(C(/C=C\CCCCCCCCC)=C/C)c(F)c1F)=C/C. The van der Waals surface area contributed by atoms with E-state index in [1.54, 1.807) is 12.1 Å². The lowest BCUT2D eigenvalue weighted by atomic mass is 9.99. The summed E-state index contributed by atoms with van der Waals surface area (Å²) >= 11 is 0. The van der Waals surface area contributed by atoms with Gasteiger partial charge in [-0.1, -0.05) is 100 Å². The van der Waals surface area contributed by atoms with E-state index in [-0.39, 0.29) is 0 Å². The van der Waals surface area contributed by atoms with Crippen LogP contribution in [-0.4, -0.2) is 0 Å². The zero-order valence-corrected chi connectivity index (χ0v) is 19.7. The highest BCUT2D eigenvalue weighted by atomic mass is 19.2. The number of rotatable bonds is 15. The fraction of sp³-hybridized carbons (Fsp3) is 0.448. The molecule has 2 heteroatoms. The molecule has 0 aliphatic rings. The van der Waals surface area contributed by atoms with Crippen LogP contribution >= 0.6 is 0 Å². The van der Waals surface area contributed by atoms with Crippen molar-refractivity contribution in [1.82, 2.24) is 0 Å². The Labute approximate surface area is 189 Å². The summed E-state index contributed by atoms with van der Waals surface area (Å²) in [7, 11) is 0. The van der Waals surface area contributed by atoms with E-state index in [9.17, 15) is 8.78 Å². The van der Waals surface area contributed by atoms with E-state index < -0.39 is 11.6 Å². The lowest BCUT2D eigenvalue weighted by Gasteiger charge is -2.08. The minimum absolute atomic E-state index is 0.323. The fourth-order valence-corrected chi connectivity index (χ4v) is 3.53. The minimum Gasteiger partial charge on any atom is -0.203 e. The summed E-state index contributed by atoms with van der Waals surface area (Å²) < 4.78 is 29.4. The third-order valence-electron chi connectivity index (χ3n) is 5.48. The van der Waals surface area contributed by atoms with Crippen molar-refractivity contribution < 1.29 is 8.78 Å². The van der Waals surface area contributed by atoms with Crippen molar-refractivity contribution in [3.63, 3.8) is 0 Å². The van der Waals surface area contributed by atoms with Gasteiger partial charge in [-0.3, -0.25) is 0 Å². The second-order valence-electron chi connectivity index (χ2n) is 7.92. The van der Waals surface area contributed by atoms with Gasteiger partial charge >= 0.3 is 0 Å². The van der Waals surface area contributed by atoms with Crippen LogP contribution in [0.2, 0.25) is 0 Å². The van der Waals surface area contributed by atoms with Crippen LogP contribution in [0.4, 0.5) is 8.78 Å². The van der Waals surface area contributed by atoms with E-state index in [2.05, 4.69) is 19.6 Å². The third-order valence-corrected chi connectivity index (χ3v) is 5.48. The number of unbranched alkanes of at least 4 members (excludes halogenated alkanes) is 7. The summed E-state index contributed by atoms with van der Waals surface area (Å²) in [6, 6.07) is 3.38. The molecule has 1 aromatic rings. The van der Waals surface area contributed by atoms with E-state index in [0.717, 1.165) is 30.4 Å². The second-order valence-corrected chi connectivity index (χ2v) is 7.92. The van der Waals surface area contributed by atoms with Gasteiger partial charge in [-0.15, -0.1) is 6.58 Å². The molecule has 1 aromatic carbocycles. The van der Waals surface area contributed by atoms with Gasteiger partial charge in [0, 0.05) is 5.56 Å². The highest BCUT2D eigenvalue weighted by molar-refractivity contribution is 5.74. The summed E-state index contributed by atoms with van der Waals surface area (Å²) in [6.45, 7) is 9.78. The molecule has 0 fully saturated rings. The number of allylic oxidation sites excluding steroid dienone is 9. The number of hydrogen-bond donors (Lipinski definition) is 0. The molecule has 0 amide bonds. The Balaban J connectivity index is 2.67. The van der Waals surface area contributed by atoms with Crippen molar-refractivity contribution in [2.24, 2.45) is 0 Å². The fourth-order valence-electron chi connectivity index (χ4n) is 3.53. The van der Waals surface area contributed by atoms with Gasteiger partial charge < -0.3 is 0 Å².